The molecule has 1 saturated heterocycles. The summed E-state index contributed by atoms with van der Waals surface area (Å²) in [4.78, 5) is 24.3. The van der Waals surface area contributed by atoms with Crippen LogP contribution >= 0.6 is 0 Å². The predicted octanol–water partition coefficient (Wildman–Crippen LogP) is 5.26. The highest BCUT2D eigenvalue weighted by Gasteiger charge is 2.18. The molecule has 2 aromatic carbocycles. The molecule has 3 aromatic rings. The van der Waals surface area contributed by atoms with Gasteiger partial charge in [0.15, 0.2) is 0 Å². The molecule has 1 unspecified atom stereocenters. The van der Waals surface area contributed by atoms with Gasteiger partial charge in [0.25, 0.3) is 0 Å². The maximum atomic E-state index is 12.8. The van der Waals surface area contributed by atoms with Crippen LogP contribution in [0.2, 0.25) is 0 Å². The lowest BCUT2D eigenvalue weighted by atomic mass is 9.95. The highest BCUT2D eigenvalue weighted by atomic mass is 16.1. The molecule has 2 N–H and O–H groups in total. The van der Waals surface area contributed by atoms with Crippen LogP contribution in [0.15, 0.2) is 60.7 Å². The summed E-state index contributed by atoms with van der Waals surface area (Å²) in [7, 11) is 0. The number of hydrogen-bond donors (Lipinski definition) is 2. The average molecular weight is 416 g/mol. The van der Waals surface area contributed by atoms with Crippen molar-refractivity contribution < 1.29 is 4.79 Å². The summed E-state index contributed by atoms with van der Waals surface area (Å²) >= 11 is 0. The van der Waals surface area contributed by atoms with Crippen molar-refractivity contribution in [1.29, 1.82) is 0 Å². The van der Waals surface area contributed by atoms with Crippen LogP contribution in [0, 0.1) is 6.92 Å². The van der Waals surface area contributed by atoms with E-state index in [-0.39, 0.29) is 11.8 Å². The molecule has 160 valence electrons. The minimum Gasteiger partial charge on any atom is -0.356 e. The van der Waals surface area contributed by atoms with Crippen LogP contribution < -0.4 is 15.5 Å². The summed E-state index contributed by atoms with van der Waals surface area (Å²) in [5, 5.41) is 6.32. The van der Waals surface area contributed by atoms with Gasteiger partial charge < -0.3 is 15.5 Å². The van der Waals surface area contributed by atoms with Crippen molar-refractivity contribution in [1.82, 2.24) is 9.97 Å². The summed E-state index contributed by atoms with van der Waals surface area (Å²) in [5.74, 6) is 1.41. The van der Waals surface area contributed by atoms with E-state index in [0.717, 1.165) is 48.0 Å². The van der Waals surface area contributed by atoms with Crippen molar-refractivity contribution in [3.05, 3.63) is 71.9 Å². The zero-order chi connectivity index (χ0) is 21.6. The van der Waals surface area contributed by atoms with E-state index < -0.39 is 0 Å². The zero-order valence-corrected chi connectivity index (χ0v) is 18.1. The Balaban J connectivity index is 1.42. The maximum absolute atomic E-state index is 12.8. The molecule has 6 nitrogen and oxygen atoms in total. The van der Waals surface area contributed by atoms with Crippen LogP contribution in [0.5, 0.6) is 0 Å². The Morgan fingerprint density at radius 1 is 1.00 bits per heavy atom. The molecule has 0 radical (unpaired) electrons. The van der Waals surface area contributed by atoms with Gasteiger partial charge in [-0.3, -0.25) is 4.79 Å². The Labute approximate surface area is 183 Å². The Bertz CT molecular complexity index is 1010. The number of hydrogen-bond acceptors (Lipinski definition) is 5. The van der Waals surface area contributed by atoms with Crippen molar-refractivity contribution in [2.75, 3.05) is 28.6 Å². The van der Waals surface area contributed by atoms with Crippen LogP contribution in [-0.2, 0) is 4.79 Å². The smallest absolute Gasteiger partial charge is 0.231 e. The van der Waals surface area contributed by atoms with Crippen molar-refractivity contribution in [2.45, 2.75) is 39.0 Å². The second-order valence-electron chi connectivity index (χ2n) is 7.95. The highest BCUT2D eigenvalue weighted by molar-refractivity contribution is 5.96. The first kappa shape index (κ1) is 20.8. The molecule has 6 heteroatoms. The van der Waals surface area contributed by atoms with Crippen LogP contribution in [0.25, 0.3) is 0 Å². The number of nitrogens with zero attached hydrogens (tertiary/aromatic N) is 3. The van der Waals surface area contributed by atoms with Crippen LogP contribution in [0.1, 0.15) is 43.4 Å². The van der Waals surface area contributed by atoms with Gasteiger partial charge in [0.05, 0.1) is 5.92 Å². The van der Waals surface area contributed by atoms with Crippen LogP contribution in [-0.4, -0.2) is 29.0 Å². The minimum atomic E-state index is -0.163. The topological polar surface area (TPSA) is 70.2 Å². The lowest BCUT2D eigenvalue weighted by Crippen LogP contribution is -2.20. The first-order chi connectivity index (χ1) is 15.1. The summed E-state index contributed by atoms with van der Waals surface area (Å²) in [6.07, 6.45) is 3.17. The minimum absolute atomic E-state index is 0.00619. The van der Waals surface area contributed by atoms with Crippen molar-refractivity contribution in [3.63, 3.8) is 0 Å². The third-order valence-electron chi connectivity index (χ3n) is 5.61. The molecule has 1 fully saturated rings. The third kappa shape index (κ3) is 5.20. The molecule has 1 aromatic heterocycles. The monoisotopic (exact) mass is 415 g/mol. The number of carbonyl (C=O) groups is 1. The summed E-state index contributed by atoms with van der Waals surface area (Å²) < 4.78 is 0. The van der Waals surface area contributed by atoms with E-state index in [1.807, 2.05) is 74.5 Å². The number of nitrogens with one attached hydrogen (secondary N) is 2. The lowest BCUT2D eigenvalue weighted by molar-refractivity contribution is -0.117. The molecule has 4 rings (SSSR count). The van der Waals surface area contributed by atoms with E-state index in [9.17, 15) is 4.79 Å². The second kappa shape index (κ2) is 9.60. The standard InChI is InChI=1S/C25H29N5O/c1-3-22(19-9-5-4-6-10-19)24(31)27-20-11-13-21(14-12-20)28-25-26-18(2)17-23(29-25)30-15-7-8-16-30/h4-6,9-14,17,22H,3,7-8,15-16H2,1-2H3,(H,27,31)(H,26,28,29). The van der Waals surface area contributed by atoms with Gasteiger partial charge in [-0.05, 0) is 56.0 Å². The van der Waals surface area contributed by atoms with Gasteiger partial charge >= 0.3 is 0 Å². The van der Waals surface area contributed by atoms with E-state index in [1.54, 1.807) is 0 Å². The van der Waals surface area contributed by atoms with Gasteiger partial charge in [0.2, 0.25) is 11.9 Å². The van der Waals surface area contributed by atoms with Gasteiger partial charge in [-0.25, -0.2) is 4.98 Å². The number of rotatable bonds is 7. The zero-order valence-electron chi connectivity index (χ0n) is 18.1. The number of benzene rings is 2. The summed E-state index contributed by atoms with van der Waals surface area (Å²) in [5.41, 5.74) is 3.62. The van der Waals surface area contributed by atoms with E-state index >= 15 is 0 Å². The summed E-state index contributed by atoms with van der Waals surface area (Å²) in [6.45, 7) is 6.11. The van der Waals surface area contributed by atoms with E-state index in [1.165, 1.54) is 12.8 Å². The molecule has 0 aliphatic carbocycles. The molecular formula is C25H29N5O. The molecule has 31 heavy (non-hydrogen) atoms. The molecule has 1 aliphatic rings. The Kier molecular flexibility index (Phi) is 6.46. The van der Waals surface area contributed by atoms with Crippen molar-refractivity contribution in [2.24, 2.45) is 0 Å². The summed E-state index contributed by atoms with van der Waals surface area (Å²) in [6, 6.07) is 19.6. The average Bonchev–Trinajstić information content (AvgIpc) is 3.31. The first-order valence-corrected chi connectivity index (χ1v) is 11.0. The van der Waals surface area contributed by atoms with Gasteiger partial charge in [-0.15, -0.1) is 0 Å². The fourth-order valence-corrected chi connectivity index (χ4v) is 3.97. The van der Waals surface area contributed by atoms with Gasteiger partial charge in [-0.1, -0.05) is 37.3 Å². The number of aromatic nitrogens is 2. The molecule has 1 aliphatic heterocycles. The highest BCUT2D eigenvalue weighted by Crippen LogP contribution is 2.24. The van der Waals surface area contributed by atoms with Crippen LogP contribution in [0.3, 0.4) is 0 Å². The molecule has 0 saturated carbocycles. The Morgan fingerprint density at radius 2 is 1.68 bits per heavy atom. The molecule has 0 spiro atoms. The van der Waals surface area contributed by atoms with E-state index in [4.69, 9.17) is 0 Å². The van der Waals surface area contributed by atoms with Crippen molar-refractivity contribution in [3.8, 4) is 0 Å². The molecule has 0 bridgehead atoms. The molecule has 1 amide bonds. The van der Waals surface area contributed by atoms with E-state index in [2.05, 4.69) is 25.5 Å². The fraction of sp³-hybridized carbons (Fsp3) is 0.320. The lowest BCUT2D eigenvalue weighted by Gasteiger charge is -2.18. The third-order valence-corrected chi connectivity index (χ3v) is 5.61. The normalized spacial score (nSPS) is 14.3. The molecule has 1 atom stereocenters. The Hall–Kier alpha value is -3.41. The maximum Gasteiger partial charge on any atom is 0.231 e. The number of aryl methyl sites for hydroxylation is 1. The number of amides is 1. The SMILES string of the molecule is CCC(C(=O)Nc1ccc(Nc2nc(C)cc(N3CCCC3)n2)cc1)c1ccccc1. The second-order valence-corrected chi connectivity index (χ2v) is 7.95. The van der Waals surface area contributed by atoms with Gasteiger partial charge in [-0.2, -0.15) is 4.98 Å². The first-order valence-electron chi connectivity index (χ1n) is 11.0. The molecular weight excluding hydrogens is 386 g/mol. The predicted molar refractivity (Wildman–Crippen MR) is 126 cm³/mol. The largest absolute Gasteiger partial charge is 0.356 e. The fourth-order valence-electron chi connectivity index (χ4n) is 3.97. The quantitative estimate of drug-likeness (QED) is 0.551. The van der Waals surface area contributed by atoms with E-state index in [0.29, 0.717) is 5.95 Å². The Morgan fingerprint density at radius 3 is 2.35 bits per heavy atom. The van der Waals surface area contributed by atoms with Crippen molar-refractivity contribution >= 4 is 29.0 Å². The van der Waals surface area contributed by atoms with Gasteiger partial charge in [0.1, 0.15) is 5.82 Å². The number of carbonyl (C=O) groups excluding carboxylic acids is 1. The van der Waals surface area contributed by atoms with Crippen LogP contribution in [0.4, 0.5) is 23.1 Å². The van der Waals surface area contributed by atoms with Gasteiger partial charge in [0, 0.05) is 36.2 Å². The molecule has 2 heterocycles. The number of anilines is 4.